The number of carbonyl (C=O) groups excluding carboxylic acids is 1. The topological polar surface area (TPSA) is 94.6 Å². The number of nitrogens with zero attached hydrogens (tertiary/aromatic N) is 2. The Morgan fingerprint density at radius 2 is 1.85 bits per heavy atom. The molecule has 1 aliphatic carbocycles. The number of rotatable bonds is 5. The summed E-state index contributed by atoms with van der Waals surface area (Å²) >= 11 is 0. The molecule has 5 rings (SSSR count). The third-order valence-corrected chi connectivity index (χ3v) is 8.99. The lowest BCUT2D eigenvalue weighted by Gasteiger charge is -2.39. The van der Waals surface area contributed by atoms with Gasteiger partial charge < -0.3 is 4.98 Å². The summed E-state index contributed by atoms with van der Waals surface area (Å²) in [5.74, 6) is -0.397. The summed E-state index contributed by atoms with van der Waals surface area (Å²) in [6.07, 6.45) is 6.22. The predicted molar refractivity (Wildman–Crippen MR) is 133 cm³/mol. The number of aromatic amines is 1. The molecule has 2 aliphatic rings. The van der Waals surface area contributed by atoms with Crippen LogP contribution in [-0.2, 0) is 10.0 Å². The van der Waals surface area contributed by atoms with Crippen molar-refractivity contribution in [3.05, 3.63) is 65.9 Å². The van der Waals surface area contributed by atoms with Gasteiger partial charge in [0.15, 0.2) is 0 Å². The lowest BCUT2D eigenvalue weighted by Crippen LogP contribution is -2.37. The smallest absolute Gasteiger partial charge is 0.271 e. The molecular weight excluding hydrogens is 448 g/mol. The van der Waals surface area contributed by atoms with E-state index in [2.05, 4.69) is 36.3 Å². The lowest BCUT2D eigenvalue weighted by molar-refractivity contribution is 0.0955. The van der Waals surface area contributed by atoms with Crippen LogP contribution in [0, 0.1) is 10.8 Å². The summed E-state index contributed by atoms with van der Waals surface area (Å²) in [6.45, 7) is 7.19. The first-order chi connectivity index (χ1) is 16.1. The monoisotopic (exact) mass is 478 g/mol. The van der Waals surface area contributed by atoms with Gasteiger partial charge in [-0.3, -0.25) is 4.79 Å². The first kappa shape index (κ1) is 22.8. The molecule has 1 saturated heterocycles. The summed E-state index contributed by atoms with van der Waals surface area (Å²) in [5.41, 5.74) is 4.88. The molecule has 0 radical (unpaired) electrons. The van der Waals surface area contributed by atoms with E-state index in [1.54, 1.807) is 10.5 Å². The first-order valence-corrected chi connectivity index (χ1v) is 13.0. The van der Waals surface area contributed by atoms with Crippen molar-refractivity contribution in [3.8, 4) is 0 Å². The Kier molecular flexibility index (Phi) is 5.41. The van der Waals surface area contributed by atoms with Crippen LogP contribution < -0.4 is 5.43 Å². The maximum atomic E-state index is 13.4. The molecule has 8 heteroatoms. The molecule has 2 atom stereocenters. The standard InChI is InChI=1S/C26H30N4O3S/c1-25(2)12-20-13-26(3,16-25)17-30(20)34(32,33)21-10-8-18(9-11-21)24(31)29-28-15-19-14-27-23-7-5-4-6-22(19)23/h4-11,14-15,20,27H,12-13,16-17H2,1-3H3,(H,29,31). The zero-order valence-electron chi connectivity index (χ0n) is 19.7. The first-order valence-electron chi connectivity index (χ1n) is 11.6. The van der Waals surface area contributed by atoms with Gasteiger partial charge in [0, 0.05) is 40.8 Å². The number of sulfonamides is 1. The SMILES string of the molecule is CC1(C)CC2CC(C)(CN2S(=O)(=O)c2ccc(C(=O)NN=Cc3c[nH]c4ccccc34)cc2)C1. The Labute approximate surface area is 200 Å². The number of para-hydroxylation sites is 1. The summed E-state index contributed by atoms with van der Waals surface area (Å²) in [7, 11) is -3.62. The molecule has 0 spiro atoms. The molecule has 1 amide bonds. The number of hydrogen-bond acceptors (Lipinski definition) is 4. The Hall–Kier alpha value is -2.97. The normalized spacial score (nSPS) is 24.6. The van der Waals surface area contributed by atoms with Crippen LogP contribution in [0.2, 0.25) is 0 Å². The average Bonchev–Trinajstić information content (AvgIpc) is 3.31. The van der Waals surface area contributed by atoms with Gasteiger partial charge in [0.2, 0.25) is 10.0 Å². The van der Waals surface area contributed by atoms with Crippen molar-refractivity contribution in [1.82, 2.24) is 14.7 Å². The fourth-order valence-corrected chi connectivity index (χ4v) is 7.80. The predicted octanol–water partition coefficient (Wildman–Crippen LogP) is 4.52. The summed E-state index contributed by atoms with van der Waals surface area (Å²) in [6, 6.07) is 14.0. The fraction of sp³-hybridized carbons (Fsp3) is 0.385. The van der Waals surface area contributed by atoms with Crippen LogP contribution in [-0.4, -0.2) is 42.4 Å². The second-order valence-electron chi connectivity index (χ2n) is 10.8. The van der Waals surface area contributed by atoms with Crippen molar-refractivity contribution in [2.24, 2.45) is 15.9 Å². The van der Waals surface area contributed by atoms with E-state index < -0.39 is 15.9 Å². The number of nitrogens with one attached hydrogen (secondary N) is 2. The largest absolute Gasteiger partial charge is 0.361 e. The van der Waals surface area contributed by atoms with Crippen LogP contribution >= 0.6 is 0 Å². The molecule has 2 heterocycles. The highest BCUT2D eigenvalue weighted by Gasteiger charge is 2.53. The summed E-state index contributed by atoms with van der Waals surface area (Å²) in [5, 5.41) is 5.07. The molecule has 2 bridgehead atoms. The molecule has 2 aromatic carbocycles. The van der Waals surface area contributed by atoms with E-state index in [9.17, 15) is 13.2 Å². The van der Waals surface area contributed by atoms with Gasteiger partial charge in [0.25, 0.3) is 5.91 Å². The minimum atomic E-state index is -3.62. The van der Waals surface area contributed by atoms with Crippen molar-refractivity contribution >= 4 is 33.0 Å². The Morgan fingerprint density at radius 3 is 2.62 bits per heavy atom. The van der Waals surface area contributed by atoms with E-state index in [0.29, 0.717) is 12.1 Å². The fourth-order valence-electron chi connectivity index (χ4n) is 6.03. The Bertz CT molecular complexity index is 1370. The Balaban J connectivity index is 1.28. The lowest BCUT2D eigenvalue weighted by atomic mass is 9.65. The van der Waals surface area contributed by atoms with Gasteiger partial charge in [0.1, 0.15) is 0 Å². The molecular formula is C26H30N4O3S. The number of fused-ring (bicyclic) bond motifs is 3. The van der Waals surface area contributed by atoms with E-state index in [-0.39, 0.29) is 21.8 Å². The zero-order valence-corrected chi connectivity index (χ0v) is 20.5. The van der Waals surface area contributed by atoms with Crippen molar-refractivity contribution in [3.63, 3.8) is 0 Å². The highest BCUT2D eigenvalue weighted by atomic mass is 32.2. The third kappa shape index (κ3) is 4.16. The number of hydrogen-bond donors (Lipinski definition) is 2. The van der Waals surface area contributed by atoms with Crippen LogP contribution in [0.3, 0.4) is 0 Å². The van der Waals surface area contributed by atoms with Crippen molar-refractivity contribution in [2.45, 2.75) is 51.0 Å². The van der Waals surface area contributed by atoms with Crippen LogP contribution in [0.25, 0.3) is 10.9 Å². The number of amides is 1. The highest BCUT2D eigenvalue weighted by molar-refractivity contribution is 7.89. The molecule has 7 nitrogen and oxygen atoms in total. The molecule has 3 aromatic rings. The summed E-state index contributed by atoms with van der Waals surface area (Å²) in [4.78, 5) is 15.9. The minimum Gasteiger partial charge on any atom is -0.361 e. The highest BCUT2D eigenvalue weighted by Crippen LogP contribution is 2.53. The number of hydrazone groups is 1. The van der Waals surface area contributed by atoms with Gasteiger partial charge in [-0.2, -0.15) is 9.41 Å². The van der Waals surface area contributed by atoms with Crippen LogP contribution in [0.1, 0.15) is 56.0 Å². The molecule has 1 aliphatic heterocycles. The second kappa shape index (κ2) is 8.06. The number of benzene rings is 2. The van der Waals surface area contributed by atoms with E-state index in [4.69, 9.17) is 0 Å². The van der Waals surface area contributed by atoms with Crippen LogP contribution in [0.4, 0.5) is 0 Å². The number of H-pyrrole nitrogens is 1. The van der Waals surface area contributed by atoms with Crippen molar-refractivity contribution in [2.75, 3.05) is 6.54 Å². The van der Waals surface area contributed by atoms with Gasteiger partial charge in [-0.25, -0.2) is 13.8 Å². The summed E-state index contributed by atoms with van der Waals surface area (Å²) < 4.78 is 28.5. The van der Waals surface area contributed by atoms with Crippen molar-refractivity contribution in [1.29, 1.82) is 0 Å². The average molecular weight is 479 g/mol. The quantitative estimate of drug-likeness (QED) is 0.417. The van der Waals surface area contributed by atoms with Gasteiger partial charge in [-0.15, -0.1) is 0 Å². The molecule has 1 aromatic heterocycles. The van der Waals surface area contributed by atoms with Crippen molar-refractivity contribution < 1.29 is 13.2 Å². The number of carbonyl (C=O) groups is 1. The minimum absolute atomic E-state index is 0.0160. The maximum Gasteiger partial charge on any atom is 0.271 e. The van der Waals surface area contributed by atoms with Crippen LogP contribution in [0.15, 0.2) is 64.7 Å². The van der Waals surface area contributed by atoms with Crippen LogP contribution in [0.5, 0.6) is 0 Å². The molecule has 2 N–H and O–H groups in total. The van der Waals surface area contributed by atoms with Gasteiger partial charge >= 0.3 is 0 Å². The molecule has 2 unspecified atom stereocenters. The van der Waals surface area contributed by atoms with E-state index in [1.807, 2.05) is 30.5 Å². The third-order valence-electron chi connectivity index (χ3n) is 7.08. The molecule has 34 heavy (non-hydrogen) atoms. The van der Waals surface area contributed by atoms with E-state index in [0.717, 1.165) is 35.7 Å². The van der Waals surface area contributed by atoms with Gasteiger partial charge in [-0.1, -0.05) is 39.0 Å². The van der Waals surface area contributed by atoms with Gasteiger partial charge in [-0.05, 0) is 60.4 Å². The molecule has 2 fully saturated rings. The molecule has 1 saturated carbocycles. The van der Waals surface area contributed by atoms with E-state index >= 15 is 0 Å². The maximum absolute atomic E-state index is 13.4. The zero-order chi connectivity index (χ0) is 24.1. The molecule has 178 valence electrons. The van der Waals surface area contributed by atoms with Gasteiger partial charge in [0.05, 0.1) is 11.1 Å². The second-order valence-corrected chi connectivity index (χ2v) is 12.7. The van der Waals surface area contributed by atoms with E-state index in [1.165, 1.54) is 24.3 Å². The number of aromatic nitrogens is 1. The Morgan fingerprint density at radius 1 is 1.12 bits per heavy atom.